The monoisotopic (exact) mass is 294 g/mol. The maximum absolute atomic E-state index is 10.9. The van der Waals surface area contributed by atoms with E-state index in [1.54, 1.807) is 12.1 Å². The molecule has 0 aromatic heterocycles. The molecule has 1 aliphatic carbocycles. The Morgan fingerprint density at radius 3 is 2.71 bits per heavy atom. The number of anilines is 1. The highest BCUT2D eigenvalue weighted by molar-refractivity contribution is 5.62. The summed E-state index contributed by atoms with van der Waals surface area (Å²) in [6, 6.07) is 4.84. The number of hydrazine groups is 1. The van der Waals surface area contributed by atoms with E-state index in [9.17, 15) is 15.2 Å². The number of hydrogen-bond acceptors (Lipinski definition) is 6. The van der Waals surface area contributed by atoms with Crippen LogP contribution in [0.1, 0.15) is 31.2 Å². The third kappa shape index (κ3) is 3.90. The number of nitrogens with zero attached hydrogens (tertiary/aromatic N) is 2. The van der Waals surface area contributed by atoms with Gasteiger partial charge in [0.2, 0.25) is 0 Å². The van der Waals surface area contributed by atoms with Gasteiger partial charge in [-0.3, -0.25) is 20.9 Å². The van der Waals surface area contributed by atoms with Crippen molar-refractivity contribution in [1.29, 1.82) is 0 Å². The minimum absolute atomic E-state index is 0.0432. The van der Waals surface area contributed by atoms with Gasteiger partial charge in [0.25, 0.3) is 5.69 Å². The second-order valence-electron chi connectivity index (χ2n) is 5.86. The van der Waals surface area contributed by atoms with Gasteiger partial charge in [-0.1, -0.05) is 18.9 Å². The van der Waals surface area contributed by atoms with Gasteiger partial charge in [-0.15, -0.1) is 0 Å². The van der Waals surface area contributed by atoms with Crippen molar-refractivity contribution in [3.63, 3.8) is 0 Å². The second-order valence-corrected chi connectivity index (χ2v) is 5.86. The zero-order valence-electron chi connectivity index (χ0n) is 12.2. The van der Waals surface area contributed by atoms with Gasteiger partial charge in [0, 0.05) is 19.2 Å². The lowest BCUT2D eigenvalue weighted by molar-refractivity contribution is -0.384. The molecule has 1 aromatic carbocycles. The van der Waals surface area contributed by atoms with Gasteiger partial charge in [0.15, 0.2) is 0 Å². The number of nitro groups is 1. The molecule has 0 radical (unpaired) electrons. The number of nitrogen functional groups attached to an aromatic ring is 1. The van der Waals surface area contributed by atoms with E-state index in [4.69, 9.17) is 5.84 Å². The number of rotatable bonds is 6. The van der Waals surface area contributed by atoms with Gasteiger partial charge in [0.1, 0.15) is 5.69 Å². The summed E-state index contributed by atoms with van der Waals surface area (Å²) in [6.45, 7) is 1.21. The summed E-state index contributed by atoms with van der Waals surface area (Å²) in [4.78, 5) is 12.4. The van der Waals surface area contributed by atoms with Crippen LogP contribution in [-0.4, -0.2) is 34.1 Å². The molecule has 7 nitrogen and oxygen atoms in total. The molecule has 0 amide bonds. The molecule has 0 aliphatic heterocycles. The number of nitro benzene ring substituents is 1. The van der Waals surface area contributed by atoms with Gasteiger partial charge in [0.05, 0.1) is 10.5 Å². The maximum atomic E-state index is 10.9. The average Bonchev–Trinajstić information content (AvgIpc) is 2.84. The summed E-state index contributed by atoms with van der Waals surface area (Å²) in [7, 11) is 1.94. The fraction of sp³-hybridized carbons (Fsp3) is 0.571. The fourth-order valence-electron chi connectivity index (χ4n) is 3.02. The smallest absolute Gasteiger partial charge is 0.293 e. The molecule has 0 heterocycles. The van der Waals surface area contributed by atoms with Crippen molar-refractivity contribution in [2.24, 2.45) is 5.84 Å². The molecule has 1 saturated carbocycles. The van der Waals surface area contributed by atoms with Gasteiger partial charge in [-0.05, 0) is 31.5 Å². The van der Waals surface area contributed by atoms with E-state index in [-0.39, 0.29) is 5.69 Å². The van der Waals surface area contributed by atoms with Crippen LogP contribution in [0.15, 0.2) is 18.2 Å². The van der Waals surface area contributed by atoms with Crippen LogP contribution in [-0.2, 0) is 6.54 Å². The number of aliphatic hydroxyl groups is 1. The molecule has 1 fully saturated rings. The number of likely N-dealkylation sites (N-methyl/N-ethyl adjacent to an activating group) is 1. The first-order valence-electron chi connectivity index (χ1n) is 7.08. The molecular formula is C14H22N4O3. The Morgan fingerprint density at radius 1 is 1.48 bits per heavy atom. The van der Waals surface area contributed by atoms with E-state index in [1.807, 2.05) is 11.9 Å². The van der Waals surface area contributed by atoms with Crippen LogP contribution in [0.3, 0.4) is 0 Å². The van der Waals surface area contributed by atoms with Crippen molar-refractivity contribution in [1.82, 2.24) is 4.90 Å². The Bertz CT molecular complexity index is 515. The van der Waals surface area contributed by atoms with Crippen LogP contribution in [0.2, 0.25) is 0 Å². The van der Waals surface area contributed by atoms with E-state index in [1.165, 1.54) is 6.07 Å². The largest absolute Gasteiger partial charge is 0.389 e. The van der Waals surface area contributed by atoms with Crippen molar-refractivity contribution >= 4 is 11.4 Å². The summed E-state index contributed by atoms with van der Waals surface area (Å²) in [5.41, 5.74) is 2.94. The van der Waals surface area contributed by atoms with Crippen molar-refractivity contribution in [2.75, 3.05) is 19.0 Å². The third-order valence-corrected chi connectivity index (χ3v) is 3.96. The molecule has 1 aliphatic rings. The van der Waals surface area contributed by atoms with Crippen molar-refractivity contribution < 1.29 is 10.0 Å². The Kier molecular flexibility index (Phi) is 4.76. The molecular weight excluding hydrogens is 272 g/mol. The Balaban J connectivity index is 2.03. The Morgan fingerprint density at radius 2 is 2.14 bits per heavy atom. The second kappa shape index (κ2) is 6.38. The van der Waals surface area contributed by atoms with Crippen LogP contribution in [0.5, 0.6) is 0 Å². The minimum atomic E-state index is -0.593. The van der Waals surface area contributed by atoms with Crippen LogP contribution >= 0.6 is 0 Å². The molecule has 7 heteroatoms. The predicted molar refractivity (Wildman–Crippen MR) is 80.7 cm³/mol. The van der Waals surface area contributed by atoms with E-state index in [0.717, 1.165) is 31.2 Å². The summed E-state index contributed by atoms with van der Waals surface area (Å²) in [5.74, 6) is 5.33. The fourth-order valence-corrected chi connectivity index (χ4v) is 3.02. The maximum Gasteiger partial charge on any atom is 0.293 e. The lowest BCUT2D eigenvalue weighted by Gasteiger charge is -2.28. The number of hydrogen-bond donors (Lipinski definition) is 3. The molecule has 0 unspecified atom stereocenters. The SMILES string of the molecule is CN(Cc1ccc([N+](=O)[O-])c(NN)c1)CC1(O)CCCC1. The Hall–Kier alpha value is -1.70. The molecule has 116 valence electrons. The van der Waals surface area contributed by atoms with Gasteiger partial charge >= 0.3 is 0 Å². The highest BCUT2D eigenvalue weighted by atomic mass is 16.6. The van der Waals surface area contributed by atoms with Crippen molar-refractivity contribution in [3.8, 4) is 0 Å². The van der Waals surface area contributed by atoms with Gasteiger partial charge < -0.3 is 10.5 Å². The highest BCUT2D eigenvalue weighted by Crippen LogP contribution is 2.30. The summed E-state index contributed by atoms with van der Waals surface area (Å²) < 4.78 is 0. The zero-order valence-corrected chi connectivity index (χ0v) is 12.2. The molecule has 1 aromatic rings. The van der Waals surface area contributed by atoms with Crippen LogP contribution in [0, 0.1) is 10.1 Å². The highest BCUT2D eigenvalue weighted by Gasteiger charge is 2.32. The molecule has 21 heavy (non-hydrogen) atoms. The first kappa shape index (κ1) is 15.7. The van der Waals surface area contributed by atoms with Crippen LogP contribution in [0.25, 0.3) is 0 Å². The minimum Gasteiger partial charge on any atom is -0.389 e. The number of benzene rings is 1. The van der Waals surface area contributed by atoms with E-state index in [0.29, 0.717) is 18.8 Å². The molecule has 0 saturated heterocycles. The topological polar surface area (TPSA) is 105 Å². The standard InChI is InChI=1S/C14H22N4O3/c1-17(10-14(19)6-2-3-7-14)9-11-4-5-13(18(20)21)12(8-11)16-15/h4-5,8,16,19H,2-3,6-7,9-10,15H2,1H3. The normalized spacial score (nSPS) is 17.1. The van der Waals surface area contributed by atoms with E-state index in [2.05, 4.69) is 5.43 Å². The third-order valence-electron chi connectivity index (χ3n) is 3.96. The van der Waals surface area contributed by atoms with Crippen LogP contribution in [0.4, 0.5) is 11.4 Å². The molecule has 0 bridgehead atoms. The lowest BCUT2D eigenvalue weighted by Crippen LogP contribution is -2.38. The van der Waals surface area contributed by atoms with Gasteiger partial charge in [-0.2, -0.15) is 0 Å². The van der Waals surface area contributed by atoms with E-state index >= 15 is 0 Å². The number of nitrogens with one attached hydrogen (secondary N) is 1. The van der Waals surface area contributed by atoms with Crippen molar-refractivity contribution in [3.05, 3.63) is 33.9 Å². The zero-order chi connectivity index (χ0) is 15.5. The summed E-state index contributed by atoms with van der Waals surface area (Å²) in [5, 5.41) is 21.2. The summed E-state index contributed by atoms with van der Waals surface area (Å²) >= 11 is 0. The van der Waals surface area contributed by atoms with Crippen LogP contribution < -0.4 is 11.3 Å². The molecule has 2 rings (SSSR count). The quantitative estimate of drug-likeness (QED) is 0.418. The predicted octanol–water partition coefficient (Wildman–Crippen LogP) is 1.62. The summed E-state index contributed by atoms with van der Waals surface area (Å²) in [6.07, 6.45) is 3.83. The molecule has 0 atom stereocenters. The van der Waals surface area contributed by atoms with Gasteiger partial charge in [-0.25, -0.2) is 0 Å². The number of nitrogens with two attached hydrogens (primary N) is 1. The first-order chi connectivity index (χ1) is 9.93. The Labute approximate surface area is 123 Å². The lowest BCUT2D eigenvalue weighted by atomic mass is 10.0. The first-order valence-corrected chi connectivity index (χ1v) is 7.08. The average molecular weight is 294 g/mol. The van der Waals surface area contributed by atoms with Crippen molar-refractivity contribution in [2.45, 2.75) is 37.8 Å². The molecule has 0 spiro atoms. The van der Waals surface area contributed by atoms with E-state index < -0.39 is 10.5 Å². The molecule has 4 N–H and O–H groups in total.